The summed E-state index contributed by atoms with van der Waals surface area (Å²) in [7, 11) is 1.49. The van der Waals surface area contributed by atoms with Gasteiger partial charge in [-0.1, -0.05) is 6.07 Å². The van der Waals surface area contributed by atoms with Gasteiger partial charge in [0, 0.05) is 24.2 Å². The van der Waals surface area contributed by atoms with Crippen LogP contribution < -0.4 is 10.6 Å². The van der Waals surface area contributed by atoms with Crippen LogP contribution in [0.25, 0.3) is 0 Å². The molecule has 0 atom stereocenters. The molecule has 0 bridgehead atoms. The number of carbonyl (C=O) groups is 2. The Morgan fingerprint density at radius 1 is 1.05 bits per heavy atom. The maximum absolute atomic E-state index is 13.1. The van der Waals surface area contributed by atoms with Crippen molar-refractivity contribution in [2.75, 3.05) is 12.4 Å². The van der Waals surface area contributed by atoms with Gasteiger partial charge in [0.05, 0.1) is 5.69 Å². The van der Waals surface area contributed by atoms with Gasteiger partial charge in [-0.3, -0.25) is 9.59 Å². The Morgan fingerprint density at radius 2 is 1.71 bits per heavy atom. The fraction of sp³-hybridized carbons (Fsp3) is 0.0667. The van der Waals surface area contributed by atoms with Gasteiger partial charge in [-0.2, -0.15) is 0 Å². The number of benzene rings is 2. The third kappa shape index (κ3) is 3.36. The van der Waals surface area contributed by atoms with Crippen molar-refractivity contribution in [1.29, 1.82) is 0 Å². The molecule has 0 aliphatic heterocycles. The predicted molar refractivity (Wildman–Crippen MR) is 75.9 cm³/mol. The van der Waals surface area contributed by atoms with Gasteiger partial charge < -0.3 is 15.7 Å². The van der Waals surface area contributed by atoms with Crippen LogP contribution in [0, 0.1) is 5.82 Å². The third-order valence-electron chi connectivity index (χ3n) is 2.82. The first-order valence-corrected chi connectivity index (χ1v) is 6.13. The van der Waals surface area contributed by atoms with Crippen molar-refractivity contribution in [1.82, 2.24) is 5.32 Å². The van der Waals surface area contributed by atoms with Crippen LogP contribution in [0.4, 0.5) is 10.1 Å². The minimum atomic E-state index is -0.581. The predicted octanol–water partition coefficient (Wildman–Crippen LogP) is 2.14. The summed E-state index contributed by atoms with van der Waals surface area (Å²) in [6.45, 7) is 0. The van der Waals surface area contributed by atoms with Gasteiger partial charge in [0.15, 0.2) is 0 Å². The third-order valence-corrected chi connectivity index (χ3v) is 2.82. The smallest absolute Gasteiger partial charge is 0.255 e. The van der Waals surface area contributed by atoms with Crippen LogP contribution in [0.15, 0.2) is 42.5 Å². The molecule has 2 rings (SSSR count). The van der Waals surface area contributed by atoms with Gasteiger partial charge in [-0.25, -0.2) is 4.39 Å². The average molecular weight is 288 g/mol. The normalized spacial score (nSPS) is 10.0. The molecule has 2 aromatic carbocycles. The summed E-state index contributed by atoms with van der Waals surface area (Å²) < 4.78 is 13.1. The molecular formula is C15H13FN2O3. The Hall–Kier alpha value is -2.89. The van der Waals surface area contributed by atoms with Crippen LogP contribution >= 0.6 is 0 Å². The van der Waals surface area contributed by atoms with E-state index in [1.165, 1.54) is 19.2 Å². The number of halogens is 1. The first kappa shape index (κ1) is 14.5. The standard InChI is InChI=1S/C15H13FN2O3/c1-17-14(20)9-3-2-4-10(7-9)15(21)18-12-8-11(16)5-6-13(12)19/h2-8,19H,1H3,(H,17,20)(H,18,21). The highest BCUT2D eigenvalue weighted by Gasteiger charge is 2.12. The lowest BCUT2D eigenvalue weighted by atomic mass is 10.1. The van der Waals surface area contributed by atoms with E-state index in [2.05, 4.69) is 10.6 Å². The number of hydrogen-bond donors (Lipinski definition) is 3. The van der Waals surface area contributed by atoms with Crippen LogP contribution in [0.2, 0.25) is 0 Å². The minimum absolute atomic E-state index is 0.0367. The molecule has 0 spiro atoms. The van der Waals surface area contributed by atoms with Gasteiger partial charge in [0.25, 0.3) is 11.8 Å². The number of nitrogens with one attached hydrogen (secondary N) is 2. The number of anilines is 1. The highest BCUT2D eigenvalue weighted by Crippen LogP contribution is 2.24. The number of hydrogen-bond acceptors (Lipinski definition) is 3. The highest BCUT2D eigenvalue weighted by atomic mass is 19.1. The Bertz CT molecular complexity index is 701. The summed E-state index contributed by atoms with van der Waals surface area (Å²) >= 11 is 0. The second-order valence-corrected chi connectivity index (χ2v) is 4.28. The zero-order valence-corrected chi connectivity index (χ0v) is 11.2. The molecule has 21 heavy (non-hydrogen) atoms. The minimum Gasteiger partial charge on any atom is -0.506 e. The number of amides is 2. The molecule has 108 valence electrons. The van der Waals surface area contributed by atoms with E-state index < -0.39 is 11.7 Å². The first-order chi connectivity index (χ1) is 10.0. The quantitative estimate of drug-likeness (QED) is 0.757. The molecule has 0 heterocycles. The molecule has 0 saturated carbocycles. The fourth-order valence-electron chi connectivity index (χ4n) is 1.75. The van der Waals surface area contributed by atoms with Crippen molar-refractivity contribution in [2.45, 2.75) is 0 Å². The Labute approximate surface area is 120 Å². The SMILES string of the molecule is CNC(=O)c1cccc(C(=O)Nc2cc(F)ccc2O)c1. The molecule has 0 fully saturated rings. The van der Waals surface area contributed by atoms with Gasteiger partial charge in [0.1, 0.15) is 11.6 Å². The van der Waals surface area contributed by atoms with Crippen molar-refractivity contribution in [3.63, 3.8) is 0 Å². The lowest BCUT2D eigenvalue weighted by molar-refractivity contribution is 0.0963. The molecule has 5 nitrogen and oxygen atoms in total. The van der Waals surface area contributed by atoms with E-state index in [0.717, 1.165) is 18.2 Å². The maximum Gasteiger partial charge on any atom is 0.255 e. The highest BCUT2D eigenvalue weighted by molar-refractivity contribution is 6.06. The molecule has 6 heteroatoms. The molecule has 2 amide bonds. The topological polar surface area (TPSA) is 78.4 Å². The monoisotopic (exact) mass is 288 g/mol. The van der Waals surface area contributed by atoms with E-state index in [9.17, 15) is 19.1 Å². The van der Waals surface area contributed by atoms with Crippen LogP contribution in [-0.4, -0.2) is 24.0 Å². The fourth-order valence-corrected chi connectivity index (χ4v) is 1.75. The summed E-state index contributed by atoms with van der Waals surface area (Å²) in [5, 5.41) is 14.4. The second kappa shape index (κ2) is 6.04. The zero-order chi connectivity index (χ0) is 15.4. The molecule has 0 unspecified atom stereocenters. The van der Waals surface area contributed by atoms with E-state index in [4.69, 9.17) is 0 Å². The van der Waals surface area contributed by atoms with E-state index in [1.54, 1.807) is 12.1 Å². The second-order valence-electron chi connectivity index (χ2n) is 4.28. The van der Waals surface area contributed by atoms with Crippen LogP contribution in [0.1, 0.15) is 20.7 Å². The summed E-state index contributed by atoms with van der Waals surface area (Å²) in [5.41, 5.74) is 0.513. The Morgan fingerprint density at radius 3 is 2.38 bits per heavy atom. The first-order valence-electron chi connectivity index (χ1n) is 6.13. The average Bonchev–Trinajstić information content (AvgIpc) is 2.50. The van der Waals surface area contributed by atoms with Crippen molar-refractivity contribution < 1.29 is 19.1 Å². The summed E-state index contributed by atoms with van der Waals surface area (Å²) in [4.78, 5) is 23.6. The van der Waals surface area contributed by atoms with Gasteiger partial charge in [0.2, 0.25) is 0 Å². The molecule has 0 aliphatic carbocycles. The van der Waals surface area contributed by atoms with Crippen molar-refractivity contribution in [3.05, 3.63) is 59.4 Å². The molecular weight excluding hydrogens is 275 g/mol. The van der Waals surface area contributed by atoms with Crippen LogP contribution in [0.3, 0.4) is 0 Å². The molecule has 2 aromatic rings. The van der Waals surface area contributed by atoms with Crippen molar-refractivity contribution in [3.8, 4) is 5.75 Å². The molecule has 0 saturated heterocycles. The van der Waals surface area contributed by atoms with Gasteiger partial charge in [-0.15, -0.1) is 0 Å². The molecule has 0 aliphatic rings. The zero-order valence-electron chi connectivity index (χ0n) is 11.2. The summed E-state index contributed by atoms with van der Waals surface area (Å²) in [5.74, 6) is -1.70. The molecule has 3 N–H and O–H groups in total. The molecule has 0 radical (unpaired) electrons. The van der Waals surface area contributed by atoms with E-state index in [0.29, 0.717) is 5.56 Å². The largest absolute Gasteiger partial charge is 0.506 e. The lowest BCUT2D eigenvalue weighted by Crippen LogP contribution is -2.19. The van der Waals surface area contributed by atoms with E-state index in [1.807, 2.05) is 0 Å². The van der Waals surface area contributed by atoms with Crippen molar-refractivity contribution in [2.24, 2.45) is 0 Å². The molecule has 0 aromatic heterocycles. The number of carbonyl (C=O) groups excluding carboxylic acids is 2. The Balaban J connectivity index is 2.24. The number of phenolic OH excluding ortho intramolecular Hbond substituents is 1. The lowest BCUT2D eigenvalue weighted by Gasteiger charge is -2.08. The van der Waals surface area contributed by atoms with Crippen molar-refractivity contribution >= 4 is 17.5 Å². The summed E-state index contributed by atoms with van der Waals surface area (Å²) in [6, 6.07) is 9.28. The van der Waals surface area contributed by atoms with Gasteiger partial charge in [-0.05, 0) is 30.3 Å². The summed E-state index contributed by atoms with van der Waals surface area (Å²) in [6.07, 6.45) is 0. The van der Waals surface area contributed by atoms with Crippen LogP contribution in [-0.2, 0) is 0 Å². The van der Waals surface area contributed by atoms with E-state index in [-0.39, 0.29) is 22.9 Å². The maximum atomic E-state index is 13.1. The van der Waals surface area contributed by atoms with Crippen LogP contribution in [0.5, 0.6) is 5.75 Å². The number of aromatic hydroxyl groups is 1. The number of phenols is 1. The van der Waals surface area contributed by atoms with Gasteiger partial charge >= 0.3 is 0 Å². The Kier molecular flexibility index (Phi) is 4.18. The van der Waals surface area contributed by atoms with E-state index >= 15 is 0 Å². The number of rotatable bonds is 3.